The van der Waals surface area contributed by atoms with Crippen LogP contribution in [0.15, 0.2) is 56.6 Å². The number of hydrogen-bond donors (Lipinski definition) is 1. The minimum absolute atomic E-state index is 0.213. The minimum Gasteiger partial charge on any atom is -0.472 e. The first-order valence-corrected chi connectivity index (χ1v) is 8.04. The second-order valence-corrected chi connectivity index (χ2v) is 6.83. The van der Waals surface area contributed by atoms with E-state index in [1.165, 1.54) is 0 Å². The molecule has 1 aromatic heterocycles. The van der Waals surface area contributed by atoms with E-state index in [0.29, 0.717) is 10.9 Å². The predicted octanol–water partition coefficient (Wildman–Crippen LogP) is 2.95. The van der Waals surface area contributed by atoms with E-state index in [-0.39, 0.29) is 10.9 Å². The molecular weight excluding hydrogens is 330 g/mol. The molecule has 1 N–H and O–H groups in total. The van der Waals surface area contributed by atoms with Crippen LogP contribution in [-0.2, 0) is 16.4 Å². The third-order valence-corrected chi connectivity index (χ3v) is 5.21. The van der Waals surface area contributed by atoms with Crippen molar-refractivity contribution in [3.05, 3.63) is 52.9 Å². The molecule has 2 aromatic rings. The van der Waals surface area contributed by atoms with Crippen molar-refractivity contribution in [2.45, 2.75) is 24.3 Å². The fourth-order valence-electron chi connectivity index (χ4n) is 1.80. The van der Waals surface area contributed by atoms with E-state index in [0.717, 1.165) is 5.56 Å². The molecular formula is C13H14BrNO3S. The first-order chi connectivity index (χ1) is 8.99. The fourth-order valence-corrected chi connectivity index (χ4v) is 4.04. The van der Waals surface area contributed by atoms with E-state index in [4.69, 9.17) is 4.42 Å². The molecule has 4 nitrogen and oxygen atoms in total. The lowest BCUT2D eigenvalue weighted by Crippen LogP contribution is -2.34. The van der Waals surface area contributed by atoms with Crippen molar-refractivity contribution >= 4 is 26.0 Å². The van der Waals surface area contributed by atoms with E-state index in [1.807, 2.05) is 13.0 Å². The number of nitrogens with one attached hydrogen (secondary N) is 1. The average molecular weight is 344 g/mol. The van der Waals surface area contributed by atoms with Gasteiger partial charge in [-0.05, 0) is 53.0 Å². The maximum atomic E-state index is 12.2. The van der Waals surface area contributed by atoms with Crippen LogP contribution in [0, 0.1) is 0 Å². The van der Waals surface area contributed by atoms with E-state index in [2.05, 4.69) is 20.7 Å². The Labute approximate surface area is 121 Å². The topological polar surface area (TPSA) is 59.3 Å². The van der Waals surface area contributed by atoms with Gasteiger partial charge < -0.3 is 4.42 Å². The highest BCUT2D eigenvalue weighted by Gasteiger charge is 2.19. The number of hydrogen-bond acceptors (Lipinski definition) is 3. The van der Waals surface area contributed by atoms with Gasteiger partial charge in [0.25, 0.3) is 0 Å². The van der Waals surface area contributed by atoms with Crippen LogP contribution >= 0.6 is 15.9 Å². The van der Waals surface area contributed by atoms with E-state index in [9.17, 15) is 8.42 Å². The summed E-state index contributed by atoms with van der Waals surface area (Å²) in [6, 6.07) is 8.35. The summed E-state index contributed by atoms with van der Waals surface area (Å²) in [5.41, 5.74) is 0.960. The summed E-state index contributed by atoms with van der Waals surface area (Å²) in [4.78, 5) is 0.244. The zero-order valence-electron chi connectivity index (χ0n) is 10.3. The van der Waals surface area contributed by atoms with Crippen molar-refractivity contribution in [1.29, 1.82) is 0 Å². The SMILES string of the molecule is C[C@@H](Cc1ccoc1)NS(=O)(=O)c1ccccc1Br. The molecule has 0 aliphatic heterocycles. The Bertz CT molecular complexity index is 638. The highest BCUT2D eigenvalue weighted by molar-refractivity contribution is 9.10. The van der Waals surface area contributed by atoms with Crippen molar-refractivity contribution in [3.8, 4) is 0 Å². The standard InChI is InChI=1S/C13H14BrNO3S/c1-10(8-11-6-7-18-9-11)15-19(16,17)13-5-3-2-4-12(13)14/h2-7,9-10,15H,8H2,1H3/t10-/m0/s1. The van der Waals surface area contributed by atoms with Gasteiger partial charge in [0.1, 0.15) is 0 Å². The number of furan rings is 1. The van der Waals surface area contributed by atoms with Crippen molar-refractivity contribution in [1.82, 2.24) is 4.72 Å². The molecule has 2 rings (SSSR count). The molecule has 0 aliphatic carbocycles. The van der Waals surface area contributed by atoms with E-state index in [1.54, 1.807) is 36.8 Å². The monoisotopic (exact) mass is 343 g/mol. The highest BCUT2D eigenvalue weighted by Crippen LogP contribution is 2.21. The molecule has 0 unspecified atom stereocenters. The Morgan fingerprint density at radius 3 is 2.68 bits per heavy atom. The summed E-state index contributed by atoms with van der Waals surface area (Å²) >= 11 is 3.25. The van der Waals surface area contributed by atoms with Crippen molar-refractivity contribution in [2.75, 3.05) is 0 Å². The van der Waals surface area contributed by atoms with Gasteiger partial charge in [0, 0.05) is 10.5 Å². The third kappa shape index (κ3) is 3.68. The first kappa shape index (κ1) is 14.3. The predicted molar refractivity (Wildman–Crippen MR) is 76.3 cm³/mol. The summed E-state index contributed by atoms with van der Waals surface area (Å²) in [6.07, 6.45) is 3.77. The Hall–Kier alpha value is -1.11. The lowest BCUT2D eigenvalue weighted by atomic mass is 10.1. The fraction of sp³-hybridized carbons (Fsp3) is 0.231. The van der Waals surface area contributed by atoms with Gasteiger partial charge in [0.15, 0.2) is 0 Å². The molecule has 0 saturated heterocycles. The zero-order chi connectivity index (χ0) is 13.9. The van der Waals surface area contributed by atoms with Crippen molar-refractivity contribution < 1.29 is 12.8 Å². The van der Waals surface area contributed by atoms with Gasteiger partial charge in [-0.3, -0.25) is 0 Å². The molecule has 0 bridgehead atoms. The minimum atomic E-state index is -3.52. The van der Waals surface area contributed by atoms with E-state index < -0.39 is 10.0 Å². The number of rotatable bonds is 5. The molecule has 19 heavy (non-hydrogen) atoms. The molecule has 102 valence electrons. The maximum Gasteiger partial charge on any atom is 0.241 e. The molecule has 0 spiro atoms. The average Bonchev–Trinajstić information content (AvgIpc) is 2.81. The molecule has 1 heterocycles. The molecule has 0 aliphatic rings. The van der Waals surface area contributed by atoms with Gasteiger partial charge >= 0.3 is 0 Å². The summed E-state index contributed by atoms with van der Waals surface area (Å²) < 4.78 is 32.6. The van der Waals surface area contributed by atoms with Gasteiger partial charge in [-0.1, -0.05) is 12.1 Å². The third-order valence-electron chi connectivity index (χ3n) is 2.60. The molecule has 0 radical (unpaired) electrons. The van der Waals surface area contributed by atoms with Crippen LogP contribution in [0.2, 0.25) is 0 Å². The van der Waals surface area contributed by atoms with E-state index >= 15 is 0 Å². The van der Waals surface area contributed by atoms with Gasteiger partial charge in [0.05, 0.1) is 17.4 Å². The van der Waals surface area contributed by atoms with Crippen molar-refractivity contribution in [2.24, 2.45) is 0 Å². The van der Waals surface area contributed by atoms with Crippen LogP contribution in [0.1, 0.15) is 12.5 Å². The quantitative estimate of drug-likeness (QED) is 0.907. The van der Waals surface area contributed by atoms with Gasteiger partial charge in [-0.25, -0.2) is 13.1 Å². The second-order valence-electron chi connectivity index (χ2n) is 4.29. The van der Waals surface area contributed by atoms with Gasteiger partial charge in [-0.2, -0.15) is 0 Å². The number of halogens is 1. The first-order valence-electron chi connectivity index (χ1n) is 5.77. The van der Waals surface area contributed by atoms with Gasteiger partial charge in [-0.15, -0.1) is 0 Å². The Morgan fingerprint density at radius 2 is 2.05 bits per heavy atom. The lowest BCUT2D eigenvalue weighted by molar-refractivity contribution is 0.549. The zero-order valence-corrected chi connectivity index (χ0v) is 12.7. The van der Waals surface area contributed by atoms with Crippen LogP contribution in [0.5, 0.6) is 0 Å². The molecule has 0 amide bonds. The summed E-state index contributed by atoms with van der Waals surface area (Å²) in [7, 11) is -3.52. The Balaban J connectivity index is 2.11. The number of sulfonamides is 1. The highest BCUT2D eigenvalue weighted by atomic mass is 79.9. The number of benzene rings is 1. The molecule has 0 fully saturated rings. The molecule has 1 aromatic carbocycles. The Morgan fingerprint density at radius 1 is 1.32 bits per heavy atom. The van der Waals surface area contributed by atoms with Crippen LogP contribution in [-0.4, -0.2) is 14.5 Å². The lowest BCUT2D eigenvalue weighted by Gasteiger charge is -2.14. The smallest absolute Gasteiger partial charge is 0.241 e. The molecule has 6 heteroatoms. The van der Waals surface area contributed by atoms with Crippen LogP contribution in [0.4, 0.5) is 0 Å². The maximum absolute atomic E-state index is 12.2. The summed E-state index contributed by atoms with van der Waals surface area (Å²) in [5, 5.41) is 0. The van der Waals surface area contributed by atoms with Crippen LogP contribution in [0.3, 0.4) is 0 Å². The van der Waals surface area contributed by atoms with Crippen molar-refractivity contribution in [3.63, 3.8) is 0 Å². The normalized spacial score (nSPS) is 13.4. The summed E-state index contributed by atoms with van der Waals surface area (Å²) in [5.74, 6) is 0. The summed E-state index contributed by atoms with van der Waals surface area (Å²) in [6.45, 7) is 1.82. The van der Waals surface area contributed by atoms with Crippen LogP contribution < -0.4 is 4.72 Å². The largest absolute Gasteiger partial charge is 0.472 e. The van der Waals surface area contributed by atoms with Crippen LogP contribution in [0.25, 0.3) is 0 Å². The molecule has 0 saturated carbocycles. The molecule has 1 atom stereocenters. The second kappa shape index (κ2) is 5.90. The van der Waals surface area contributed by atoms with Gasteiger partial charge in [0.2, 0.25) is 10.0 Å². The Kier molecular flexibility index (Phi) is 4.44.